The predicted molar refractivity (Wildman–Crippen MR) is 67.0 cm³/mol. The maximum Gasteiger partial charge on any atom is 0.267 e. The standard InChI is InChI=1S/C11H14Cl2N2O3/c1-11(2)15(14-10(16)9(12)13)6-8(18-11)7-4-3-5-17-7/h3-5,8-9H,6H2,1-2H3,(H,14,16). The highest BCUT2D eigenvalue weighted by molar-refractivity contribution is 6.53. The first-order chi connectivity index (χ1) is 8.40. The number of ether oxygens (including phenoxy) is 1. The molecule has 1 unspecified atom stereocenters. The van der Waals surface area contributed by atoms with Crippen molar-refractivity contribution in [1.82, 2.24) is 10.4 Å². The van der Waals surface area contributed by atoms with Gasteiger partial charge >= 0.3 is 0 Å². The molecule has 1 saturated heterocycles. The Balaban J connectivity index is 2.06. The summed E-state index contributed by atoms with van der Waals surface area (Å²) in [6, 6.07) is 3.62. The molecule has 0 aromatic carbocycles. The highest BCUT2D eigenvalue weighted by Gasteiger charge is 2.42. The molecule has 18 heavy (non-hydrogen) atoms. The van der Waals surface area contributed by atoms with Crippen LogP contribution in [0.25, 0.3) is 0 Å². The van der Waals surface area contributed by atoms with Crippen LogP contribution in [0.1, 0.15) is 25.7 Å². The maximum absolute atomic E-state index is 11.5. The van der Waals surface area contributed by atoms with Gasteiger partial charge in [-0.1, -0.05) is 23.2 Å². The van der Waals surface area contributed by atoms with Crippen LogP contribution >= 0.6 is 23.2 Å². The van der Waals surface area contributed by atoms with Crippen molar-refractivity contribution in [3.63, 3.8) is 0 Å². The molecule has 2 heterocycles. The first-order valence-electron chi connectivity index (χ1n) is 5.47. The molecule has 0 bridgehead atoms. The van der Waals surface area contributed by atoms with Gasteiger partial charge in [-0.25, -0.2) is 0 Å². The van der Waals surface area contributed by atoms with Crippen LogP contribution in [0.15, 0.2) is 22.8 Å². The average molecular weight is 293 g/mol. The Morgan fingerprint density at radius 2 is 2.33 bits per heavy atom. The fraction of sp³-hybridized carbons (Fsp3) is 0.545. The van der Waals surface area contributed by atoms with E-state index in [4.69, 9.17) is 32.4 Å². The molecule has 1 aromatic heterocycles. The van der Waals surface area contributed by atoms with E-state index >= 15 is 0 Å². The minimum Gasteiger partial charge on any atom is -0.467 e. The summed E-state index contributed by atoms with van der Waals surface area (Å²) in [4.78, 5) is 10.4. The number of nitrogens with zero attached hydrogens (tertiary/aromatic N) is 1. The lowest BCUT2D eigenvalue weighted by Crippen LogP contribution is -2.52. The Morgan fingerprint density at radius 1 is 1.61 bits per heavy atom. The summed E-state index contributed by atoms with van der Waals surface area (Å²) in [5.74, 6) is 0.239. The highest BCUT2D eigenvalue weighted by atomic mass is 35.5. The summed E-state index contributed by atoms with van der Waals surface area (Å²) < 4.78 is 11.1. The van der Waals surface area contributed by atoms with Gasteiger partial charge < -0.3 is 9.15 Å². The number of hydrazine groups is 1. The van der Waals surface area contributed by atoms with Gasteiger partial charge in [-0.3, -0.25) is 10.2 Å². The first-order valence-corrected chi connectivity index (χ1v) is 6.35. The van der Waals surface area contributed by atoms with E-state index < -0.39 is 16.5 Å². The van der Waals surface area contributed by atoms with E-state index in [0.29, 0.717) is 12.3 Å². The summed E-state index contributed by atoms with van der Waals surface area (Å²) in [7, 11) is 0. The number of furan rings is 1. The van der Waals surface area contributed by atoms with E-state index in [2.05, 4.69) is 5.43 Å². The predicted octanol–water partition coefficient (Wildman–Crippen LogP) is 2.22. The molecule has 1 fully saturated rings. The number of halogens is 2. The maximum atomic E-state index is 11.5. The van der Waals surface area contributed by atoms with Gasteiger partial charge in [0.05, 0.1) is 12.8 Å². The number of carbonyl (C=O) groups is 1. The quantitative estimate of drug-likeness (QED) is 0.868. The number of amides is 1. The summed E-state index contributed by atoms with van der Waals surface area (Å²) in [5.41, 5.74) is 1.97. The lowest BCUT2D eigenvalue weighted by Gasteiger charge is -2.29. The summed E-state index contributed by atoms with van der Waals surface area (Å²) in [5, 5.41) is 1.65. The Kier molecular flexibility index (Phi) is 3.87. The Bertz CT molecular complexity index is 420. The number of hydrogen-bond donors (Lipinski definition) is 1. The van der Waals surface area contributed by atoms with E-state index in [1.807, 2.05) is 19.9 Å². The zero-order valence-corrected chi connectivity index (χ0v) is 11.5. The topological polar surface area (TPSA) is 54.7 Å². The van der Waals surface area contributed by atoms with Crippen molar-refractivity contribution >= 4 is 29.1 Å². The fourth-order valence-electron chi connectivity index (χ4n) is 1.82. The molecular weight excluding hydrogens is 279 g/mol. The van der Waals surface area contributed by atoms with Crippen molar-refractivity contribution in [3.05, 3.63) is 24.2 Å². The van der Waals surface area contributed by atoms with Gasteiger partial charge in [0, 0.05) is 0 Å². The van der Waals surface area contributed by atoms with Crippen LogP contribution in [-0.4, -0.2) is 28.0 Å². The van der Waals surface area contributed by atoms with Crippen LogP contribution in [0.4, 0.5) is 0 Å². The van der Waals surface area contributed by atoms with Crippen LogP contribution in [0.5, 0.6) is 0 Å². The second-order valence-corrected chi connectivity index (χ2v) is 5.55. The molecule has 5 nitrogen and oxygen atoms in total. The third kappa shape index (κ3) is 2.80. The van der Waals surface area contributed by atoms with Gasteiger partial charge in [0.2, 0.25) is 0 Å². The normalized spacial score (nSPS) is 23.5. The minimum absolute atomic E-state index is 0.237. The van der Waals surface area contributed by atoms with Crippen molar-refractivity contribution in [1.29, 1.82) is 0 Å². The first kappa shape index (κ1) is 13.7. The zero-order chi connectivity index (χ0) is 13.3. The van der Waals surface area contributed by atoms with E-state index in [0.717, 1.165) is 0 Å². The Hall–Kier alpha value is -0.750. The van der Waals surface area contributed by atoms with E-state index in [-0.39, 0.29) is 6.10 Å². The monoisotopic (exact) mass is 292 g/mol. The zero-order valence-electron chi connectivity index (χ0n) is 10.0. The molecule has 1 atom stereocenters. The molecule has 2 rings (SSSR count). The molecule has 7 heteroatoms. The molecule has 0 aliphatic carbocycles. The minimum atomic E-state index is -1.11. The third-order valence-corrected chi connectivity index (χ3v) is 3.13. The largest absolute Gasteiger partial charge is 0.467 e. The summed E-state index contributed by atoms with van der Waals surface area (Å²) >= 11 is 11.0. The van der Waals surface area contributed by atoms with Gasteiger partial charge in [-0.05, 0) is 26.0 Å². The molecule has 1 aliphatic heterocycles. The number of rotatable bonds is 3. The van der Waals surface area contributed by atoms with Crippen molar-refractivity contribution in [3.8, 4) is 0 Å². The Morgan fingerprint density at radius 3 is 2.89 bits per heavy atom. The lowest BCUT2D eigenvalue weighted by atomic mass is 10.3. The second kappa shape index (κ2) is 5.09. The molecule has 0 saturated carbocycles. The van der Waals surface area contributed by atoms with Crippen LogP contribution in [0.2, 0.25) is 0 Å². The number of alkyl halides is 2. The Labute approximate surface area is 115 Å². The molecule has 1 amide bonds. The van der Waals surface area contributed by atoms with Crippen molar-refractivity contribution in [2.24, 2.45) is 0 Å². The second-order valence-electron chi connectivity index (χ2n) is 4.46. The number of nitrogens with one attached hydrogen (secondary N) is 1. The van der Waals surface area contributed by atoms with Crippen molar-refractivity contribution < 1.29 is 13.9 Å². The molecule has 1 aliphatic rings. The van der Waals surface area contributed by atoms with Gasteiger partial charge in [-0.2, -0.15) is 5.01 Å². The van der Waals surface area contributed by atoms with Gasteiger partial charge in [0.15, 0.2) is 4.84 Å². The van der Waals surface area contributed by atoms with E-state index in [1.54, 1.807) is 17.3 Å². The third-order valence-electron chi connectivity index (χ3n) is 2.73. The average Bonchev–Trinajstić information content (AvgIpc) is 2.87. The van der Waals surface area contributed by atoms with Crippen LogP contribution in [0, 0.1) is 0 Å². The molecular formula is C11H14Cl2N2O3. The van der Waals surface area contributed by atoms with Crippen LogP contribution < -0.4 is 5.43 Å². The van der Waals surface area contributed by atoms with Crippen LogP contribution in [-0.2, 0) is 9.53 Å². The molecule has 100 valence electrons. The van der Waals surface area contributed by atoms with Crippen molar-refractivity contribution in [2.45, 2.75) is 30.5 Å². The van der Waals surface area contributed by atoms with Gasteiger partial charge in [0.1, 0.15) is 17.6 Å². The molecule has 1 aromatic rings. The lowest BCUT2D eigenvalue weighted by molar-refractivity contribution is -0.136. The summed E-state index contributed by atoms with van der Waals surface area (Å²) in [6.07, 6.45) is 1.35. The smallest absolute Gasteiger partial charge is 0.267 e. The number of carbonyl (C=O) groups excluding carboxylic acids is 1. The van der Waals surface area contributed by atoms with E-state index in [9.17, 15) is 4.79 Å². The van der Waals surface area contributed by atoms with E-state index in [1.165, 1.54) is 0 Å². The molecule has 1 N–H and O–H groups in total. The summed E-state index contributed by atoms with van der Waals surface area (Å²) in [6.45, 7) is 4.15. The highest BCUT2D eigenvalue weighted by Crippen LogP contribution is 2.34. The molecule has 0 radical (unpaired) electrons. The SMILES string of the molecule is CC1(C)OC(c2ccco2)CN1NC(=O)C(Cl)Cl. The van der Waals surface area contributed by atoms with Gasteiger partial charge in [0.25, 0.3) is 5.91 Å². The fourth-order valence-corrected chi connectivity index (χ4v) is 1.92. The number of hydrogen-bond acceptors (Lipinski definition) is 4. The van der Waals surface area contributed by atoms with Crippen molar-refractivity contribution in [2.75, 3.05) is 6.54 Å². The van der Waals surface area contributed by atoms with Gasteiger partial charge in [-0.15, -0.1) is 0 Å². The molecule has 0 spiro atoms. The van der Waals surface area contributed by atoms with Crippen LogP contribution in [0.3, 0.4) is 0 Å².